The molecule has 0 radical (unpaired) electrons. The van der Waals surface area contributed by atoms with E-state index in [1.54, 1.807) is 0 Å². The van der Waals surface area contributed by atoms with E-state index in [2.05, 4.69) is 30.1 Å². The lowest BCUT2D eigenvalue weighted by atomic mass is 9.83. The molecule has 1 aliphatic rings. The molecule has 1 saturated heterocycles. The minimum absolute atomic E-state index is 0.610. The number of hydrogen-bond acceptors (Lipinski definition) is 12. The van der Waals surface area contributed by atoms with E-state index >= 15 is 0 Å². The van der Waals surface area contributed by atoms with E-state index < -0.39 is 71.7 Å². The largest absolute Gasteiger partial charge is 0.490 e. The number of aromatic amines is 1. The molecular weight excluding hydrogens is 517 g/mol. The fourth-order valence-corrected chi connectivity index (χ4v) is 5.95. The highest BCUT2D eigenvalue weighted by atomic mass is 31.3. The van der Waals surface area contributed by atoms with Crippen molar-refractivity contribution >= 4 is 23.5 Å². The van der Waals surface area contributed by atoms with Gasteiger partial charge in [-0.05, 0) is 6.92 Å². The van der Waals surface area contributed by atoms with Crippen molar-refractivity contribution in [2.24, 2.45) is 11.7 Å². The first-order valence-corrected chi connectivity index (χ1v) is 13.0. The normalized spacial score (nSPS) is 29.0. The Hall–Kier alpha value is -1.54. The van der Waals surface area contributed by atoms with Crippen molar-refractivity contribution < 1.29 is 56.3 Å². The summed E-state index contributed by atoms with van der Waals surface area (Å²) in [6.07, 6.45) is -2.21. The van der Waals surface area contributed by atoms with Crippen molar-refractivity contribution in [1.29, 1.82) is 0 Å². The summed E-state index contributed by atoms with van der Waals surface area (Å²) in [5.41, 5.74) is 2.52. The van der Waals surface area contributed by atoms with Crippen molar-refractivity contribution in [1.82, 2.24) is 14.8 Å². The van der Waals surface area contributed by atoms with Crippen LogP contribution in [-0.4, -0.2) is 64.3 Å². The molecule has 2 heterocycles. The molecule has 6 atom stereocenters. The minimum atomic E-state index is -5.75. The van der Waals surface area contributed by atoms with Gasteiger partial charge in [-0.1, -0.05) is 5.92 Å². The summed E-state index contributed by atoms with van der Waals surface area (Å²) in [7, 11) is -16.8. The first-order chi connectivity index (χ1) is 15.0. The van der Waals surface area contributed by atoms with Gasteiger partial charge in [-0.2, -0.15) is 18.4 Å². The fourth-order valence-electron chi connectivity index (χ4n) is 2.92. The Kier molecular flexibility index (Phi) is 8.38. The van der Waals surface area contributed by atoms with Gasteiger partial charge in [0.25, 0.3) is 5.56 Å². The molecule has 18 nitrogen and oxygen atoms in total. The number of phosphoric acid groups is 3. The molecule has 8 N–H and O–H groups in total. The van der Waals surface area contributed by atoms with Crippen LogP contribution in [0.1, 0.15) is 13.2 Å². The van der Waals surface area contributed by atoms with Crippen molar-refractivity contribution in [2.45, 2.75) is 24.8 Å². The van der Waals surface area contributed by atoms with E-state index in [1.165, 1.54) is 6.92 Å². The number of aliphatic hydroxyl groups is 1. The molecule has 1 aliphatic heterocycles. The Balaban J connectivity index is 2.29. The van der Waals surface area contributed by atoms with Gasteiger partial charge in [0.15, 0.2) is 6.23 Å². The maximum atomic E-state index is 12.1. The quantitative estimate of drug-likeness (QED) is 0.127. The Morgan fingerprint density at radius 1 is 1.24 bits per heavy atom. The summed E-state index contributed by atoms with van der Waals surface area (Å²) in [6, 6.07) is 0. The average molecular weight is 536 g/mol. The van der Waals surface area contributed by atoms with Crippen molar-refractivity contribution in [2.75, 3.05) is 13.2 Å². The molecule has 0 aromatic carbocycles. The van der Waals surface area contributed by atoms with E-state index in [0.717, 1.165) is 6.20 Å². The zero-order valence-corrected chi connectivity index (χ0v) is 19.1. The molecule has 0 aliphatic carbocycles. The van der Waals surface area contributed by atoms with E-state index in [9.17, 15) is 38.2 Å². The van der Waals surface area contributed by atoms with Gasteiger partial charge in [0.1, 0.15) is 11.7 Å². The molecule has 186 valence electrons. The van der Waals surface area contributed by atoms with Crippen LogP contribution in [0, 0.1) is 17.8 Å². The standard InChI is InChI=1S/C12H19N4O14P3/c1-2-3-12(13)7(5-17)8(28-10(12)16-11(19)15-9(18)4-14-16)6-27-32(23,24)30-33(25,26)29-31(20,21)22/h4,7-8,10,17H,5-6,13H2,1H3,(H,23,24)(H,25,26)(H,15,18,19)(H2,20,21,22)/t7?,8-,10-,12?/m1/s1. The molecule has 0 bridgehead atoms. The van der Waals surface area contributed by atoms with Gasteiger partial charge in [0, 0.05) is 5.92 Å². The van der Waals surface area contributed by atoms with Gasteiger partial charge in [-0.25, -0.2) is 18.5 Å². The van der Waals surface area contributed by atoms with Crippen LogP contribution in [0.25, 0.3) is 0 Å². The fraction of sp³-hybridized carbons (Fsp3) is 0.583. The second kappa shape index (κ2) is 9.98. The molecule has 0 spiro atoms. The Bertz CT molecular complexity index is 1200. The molecule has 4 unspecified atom stereocenters. The second-order valence-electron chi connectivity index (χ2n) is 6.39. The summed E-state index contributed by atoms with van der Waals surface area (Å²) in [5, 5.41) is 13.4. The maximum absolute atomic E-state index is 12.1. The van der Waals surface area contributed by atoms with Crippen molar-refractivity contribution in [3.05, 3.63) is 27.0 Å². The second-order valence-corrected chi connectivity index (χ2v) is 10.8. The van der Waals surface area contributed by atoms with Gasteiger partial charge < -0.3 is 35.2 Å². The lowest BCUT2D eigenvalue weighted by Gasteiger charge is -2.29. The molecular formula is C12H19N4O14P3. The van der Waals surface area contributed by atoms with Crippen LogP contribution < -0.4 is 17.0 Å². The number of nitrogens with two attached hydrogens (primary N) is 1. The molecule has 1 aromatic heterocycles. The number of nitrogens with one attached hydrogen (secondary N) is 1. The van der Waals surface area contributed by atoms with Crippen molar-refractivity contribution in [3.8, 4) is 11.8 Å². The molecule has 33 heavy (non-hydrogen) atoms. The van der Waals surface area contributed by atoms with Crippen LogP contribution in [0.3, 0.4) is 0 Å². The van der Waals surface area contributed by atoms with E-state index in [4.69, 9.17) is 20.3 Å². The summed E-state index contributed by atoms with van der Waals surface area (Å²) in [6.45, 7) is -0.347. The zero-order chi connectivity index (χ0) is 25.2. The topological polar surface area (TPSA) is 283 Å². The predicted molar refractivity (Wildman–Crippen MR) is 104 cm³/mol. The summed E-state index contributed by atoms with van der Waals surface area (Å²) in [5.74, 6) is 3.82. The Morgan fingerprint density at radius 3 is 2.39 bits per heavy atom. The molecule has 1 aromatic rings. The third-order valence-corrected chi connectivity index (χ3v) is 7.89. The van der Waals surface area contributed by atoms with Gasteiger partial charge in [-0.3, -0.25) is 14.3 Å². The first-order valence-electron chi connectivity index (χ1n) is 8.49. The van der Waals surface area contributed by atoms with Crippen LogP contribution in [0.2, 0.25) is 0 Å². The highest BCUT2D eigenvalue weighted by Gasteiger charge is 2.56. The van der Waals surface area contributed by atoms with Crippen molar-refractivity contribution in [3.63, 3.8) is 0 Å². The van der Waals surface area contributed by atoms with Gasteiger partial charge in [0.05, 0.1) is 19.3 Å². The lowest BCUT2D eigenvalue weighted by Crippen LogP contribution is -2.54. The van der Waals surface area contributed by atoms with Gasteiger partial charge in [-0.15, -0.1) is 5.92 Å². The number of rotatable bonds is 9. The Morgan fingerprint density at radius 2 is 1.88 bits per heavy atom. The molecule has 0 amide bonds. The van der Waals surface area contributed by atoms with E-state index in [1.807, 2.05) is 4.98 Å². The number of H-pyrrole nitrogens is 1. The smallest absolute Gasteiger partial charge is 0.396 e. The van der Waals surface area contributed by atoms with Crippen LogP contribution in [0.5, 0.6) is 0 Å². The molecule has 2 rings (SSSR count). The predicted octanol–water partition coefficient (Wildman–Crippen LogP) is -2.50. The Labute approximate surface area is 183 Å². The minimum Gasteiger partial charge on any atom is -0.396 e. The molecule has 0 saturated carbocycles. The summed E-state index contributed by atoms with van der Waals surface area (Å²) >= 11 is 0. The monoisotopic (exact) mass is 536 g/mol. The van der Waals surface area contributed by atoms with Crippen LogP contribution in [0.4, 0.5) is 0 Å². The number of ether oxygens (including phenoxy) is 1. The third kappa shape index (κ3) is 6.98. The van der Waals surface area contributed by atoms with Crippen LogP contribution in [0.15, 0.2) is 15.8 Å². The van der Waals surface area contributed by atoms with Gasteiger partial charge in [0.2, 0.25) is 0 Å². The third-order valence-electron chi connectivity index (χ3n) is 4.09. The number of hydrogen-bond donors (Lipinski definition) is 7. The number of nitrogens with zero attached hydrogens (tertiary/aromatic N) is 2. The maximum Gasteiger partial charge on any atom is 0.490 e. The molecule has 21 heteroatoms. The average Bonchev–Trinajstić information content (AvgIpc) is 2.88. The SMILES string of the molecule is CC#CC1(N)C(CO)[C@@H](COP(=O)(O)OP(=O)(O)OP(=O)(O)O)O[C@H]1n1ncc(=O)[nH]c1=O. The highest BCUT2D eigenvalue weighted by Crippen LogP contribution is 2.66. The number of aliphatic hydroxyl groups excluding tert-OH is 1. The number of phosphoric ester groups is 1. The number of aromatic nitrogens is 3. The van der Waals surface area contributed by atoms with Crippen LogP contribution in [-0.2, 0) is 31.6 Å². The van der Waals surface area contributed by atoms with Crippen LogP contribution >= 0.6 is 23.5 Å². The lowest BCUT2D eigenvalue weighted by molar-refractivity contribution is -0.0465. The van der Waals surface area contributed by atoms with E-state index in [-0.39, 0.29) is 0 Å². The zero-order valence-electron chi connectivity index (χ0n) is 16.4. The van der Waals surface area contributed by atoms with Gasteiger partial charge >= 0.3 is 29.2 Å². The molecule has 1 fully saturated rings. The summed E-state index contributed by atoms with van der Waals surface area (Å²) < 4.78 is 51.9. The highest BCUT2D eigenvalue weighted by molar-refractivity contribution is 7.66. The first kappa shape index (κ1) is 27.7. The summed E-state index contributed by atoms with van der Waals surface area (Å²) in [4.78, 5) is 61.2. The van der Waals surface area contributed by atoms with E-state index in [0.29, 0.717) is 4.68 Å².